The average molecular weight is 348 g/mol. The van der Waals surface area contributed by atoms with Gasteiger partial charge in [-0.05, 0) is 44.0 Å². The summed E-state index contributed by atoms with van der Waals surface area (Å²) < 4.78 is 1.84. The van der Waals surface area contributed by atoms with Crippen LogP contribution in [0.4, 0.5) is 5.82 Å². The largest absolute Gasteiger partial charge is 0.367 e. The predicted molar refractivity (Wildman–Crippen MR) is 102 cm³/mol. The molecule has 134 valence electrons. The predicted octanol–water partition coefficient (Wildman–Crippen LogP) is 3.05. The van der Waals surface area contributed by atoms with E-state index in [0.717, 1.165) is 55.5 Å². The van der Waals surface area contributed by atoms with Crippen LogP contribution in [0.3, 0.4) is 0 Å². The lowest BCUT2D eigenvalue weighted by atomic mass is 10.1. The summed E-state index contributed by atoms with van der Waals surface area (Å²) in [6, 6.07) is 16.7. The van der Waals surface area contributed by atoms with Gasteiger partial charge in [0.05, 0.1) is 12.2 Å². The molecule has 1 N–H and O–H groups in total. The van der Waals surface area contributed by atoms with E-state index in [1.165, 1.54) is 0 Å². The Morgan fingerprint density at radius 1 is 1.04 bits per heavy atom. The van der Waals surface area contributed by atoms with Crippen LogP contribution in [0, 0.1) is 6.92 Å². The maximum absolute atomic E-state index is 4.61. The van der Waals surface area contributed by atoms with Crippen LogP contribution in [0.15, 0.2) is 54.9 Å². The summed E-state index contributed by atoms with van der Waals surface area (Å²) in [7, 11) is 0. The van der Waals surface area contributed by atoms with Crippen LogP contribution >= 0.6 is 0 Å². The fourth-order valence-electron chi connectivity index (χ4n) is 3.34. The number of hydrogen-bond acceptors (Lipinski definition) is 5. The molecule has 2 aromatic heterocycles. The Bertz CT molecular complexity index is 836. The number of likely N-dealkylation sites (tertiary alicyclic amines) is 1. The molecule has 0 atom stereocenters. The maximum atomic E-state index is 4.61. The van der Waals surface area contributed by atoms with Gasteiger partial charge in [0.25, 0.3) is 0 Å². The molecule has 1 aliphatic heterocycles. The highest BCUT2D eigenvalue weighted by molar-refractivity contribution is 5.36. The second-order valence-corrected chi connectivity index (χ2v) is 6.80. The summed E-state index contributed by atoms with van der Waals surface area (Å²) in [6.45, 7) is 4.91. The van der Waals surface area contributed by atoms with E-state index in [0.29, 0.717) is 6.04 Å². The molecule has 26 heavy (non-hydrogen) atoms. The fraction of sp³-hybridized carbons (Fsp3) is 0.350. The lowest BCUT2D eigenvalue weighted by Gasteiger charge is -2.31. The summed E-state index contributed by atoms with van der Waals surface area (Å²) in [5.74, 6) is 1.85. The smallest absolute Gasteiger partial charge is 0.164 e. The summed E-state index contributed by atoms with van der Waals surface area (Å²) in [6.07, 6.45) is 4.01. The minimum atomic E-state index is 0.482. The third-order valence-electron chi connectivity index (χ3n) is 4.75. The van der Waals surface area contributed by atoms with Gasteiger partial charge in [-0.25, -0.2) is 14.6 Å². The van der Waals surface area contributed by atoms with Crippen molar-refractivity contribution in [3.63, 3.8) is 0 Å². The Morgan fingerprint density at radius 3 is 2.62 bits per heavy atom. The van der Waals surface area contributed by atoms with Crippen molar-refractivity contribution in [3.8, 4) is 5.69 Å². The Kier molecular flexibility index (Phi) is 4.93. The highest BCUT2D eigenvalue weighted by atomic mass is 15.3. The van der Waals surface area contributed by atoms with Crippen molar-refractivity contribution < 1.29 is 0 Å². The number of benzene rings is 1. The van der Waals surface area contributed by atoms with Gasteiger partial charge in [-0.1, -0.05) is 24.3 Å². The first kappa shape index (κ1) is 16.7. The first-order chi connectivity index (χ1) is 12.8. The van der Waals surface area contributed by atoms with Crippen LogP contribution in [0.25, 0.3) is 5.69 Å². The molecule has 0 saturated carbocycles. The molecule has 0 unspecified atom stereocenters. The summed E-state index contributed by atoms with van der Waals surface area (Å²) in [5, 5.41) is 8.17. The third kappa shape index (κ3) is 4.08. The molecule has 0 spiro atoms. The molecule has 1 aromatic carbocycles. The van der Waals surface area contributed by atoms with Crippen LogP contribution in [0.2, 0.25) is 0 Å². The molecule has 6 heteroatoms. The van der Waals surface area contributed by atoms with E-state index >= 15 is 0 Å². The zero-order chi connectivity index (χ0) is 17.8. The molecule has 1 fully saturated rings. The average Bonchev–Trinajstić information content (AvgIpc) is 3.13. The summed E-state index contributed by atoms with van der Waals surface area (Å²) in [4.78, 5) is 11.4. The minimum absolute atomic E-state index is 0.482. The van der Waals surface area contributed by atoms with Gasteiger partial charge in [0, 0.05) is 24.8 Å². The fourth-order valence-corrected chi connectivity index (χ4v) is 3.34. The maximum Gasteiger partial charge on any atom is 0.164 e. The van der Waals surface area contributed by atoms with E-state index in [1.54, 1.807) is 6.33 Å². The molecule has 1 aliphatic rings. The molecule has 0 amide bonds. The number of para-hydroxylation sites is 1. The quantitative estimate of drug-likeness (QED) is 0.768. The number of nitrogens with one attached hydrogen (secondary N) is 1. The van der Waals surface area contributed by atoms with Crippen LogP contribution in [-0.2, 0) is 6.54 Å². The lowest BCUT2D eigenvalue weighted by Crippen LogP contribution is -2.39. The van der Waals surface area contributed by atoms with Crippen LogP contribution in [0.5, 0.6) is 0 Å². The molecule has 6 nitrogen and oxygen atoms in total. The molecule has 0 radical (unpaired) electrons. The number of pyridine rings is 1. The highest BCUT2D eigenvalue weighted by Crippen LogP contribution is 2.17. The van der Waals surface area contributed by atoms with Crippen molar-refractivity contribution in [2.45, 2.75) is 32.4 Å². The van der Waals surface area contributed by atoms with Gasteiger partial charge in [-0.3, -0.25) is 4.90 Å². The molecule has 3 aromatic rings. The monoisotopic (exact) mass is 348 g/mol. The summed E-state index contributed by atoms with van der Waals surface area (Å²) in [5.41, 5.74) is 2.09. The zero-order valence-electron chi connectivity index (χ0n) is 15.0. The van der Waals surface area contributed by atoms with Crippen LogP contribution in [0.1, 0.15) is 24.4 Å². The number of aromatic nitrogens is 4. The van der Waals surface area contributed by atoms with Crippen molar-refractivity contribution in [1.29, 1.82) is 0 Å². The van der Waals surface area contributed by atoms with E-state index in [-0.39, 0.29) is 0 Å². The number of hydrogen-bond donors (Lipinski definition) is 1. The highest BCUT2D eigenvalue weighted by Gasteiger charge is 2.20. The Morgan fingerprint density at radius 2 is 1.85 bits per heavy atom. The number of rotatable bonds is 5. The van der Waals surface area contributed by atoms with Crippen molar-refractivity contribution in [2.24, 2.45) is 0 Å². The van der Waals surface area contributed by atoms with Crippen molar-refractivity contribution in [2.75, 3.05) is 18.4 Å². The van der Waals surface area contributed by atoms with Crippen LogP contribution in [-0.4, -0.2) is 43.8 Å². The zero-order valence-corrected chi connectivity index (χ0v) is 15.0. The SMILES string of the molecule is Cc1cccc(NC2CCN(Cc3ncn(-c4ccccc4)n3)CC2)n1. The van der Waals surface area contributed by atoms with E-state index in [2.05, 4.69) is 31.3 Å². The van der Waals surface area contributed by atoms with Crippen molar-refractivity contribution in [1.82, 2.24) is 24.6 Å². The molecule has 1 saturated heterocycles. The Labute approximate surface area is 153 Å². The molecule has 3 heterocycles. The molecule has 0 aliphatic carbocycles. The normalized spacial score (nSPS) is 15.9. The van der Waals surface area contributed by atoms with Crippen molar-refractivity contribution >= 4 is 5.82 Å². The van der Waals surface area contributed by atoms with Gasteiger partial charge >= 0.3 is 0 Å². The third-order valence-corrected chi connectivity index (χ3v) is 4.75. The van der Waals surface area contributed by atoms with E-state index in [4.69, 9.17) is 0 Å². The van der Waals surface area contributed by atoms with Crippen LogP contribution < -0.4 is 5.32 Å². The number of piperidine rings is 1. The first-order valence-electron chi connectivity index (χ1n) is 9.15. The molecule has 4 rings (SSSR count). The van der Waals surface area contributed by atoms with Gasteiger partial charge in [0.1, 0.15) is 12.1 Å². The Balaban J connectivity index is 1.29. The first-order valence-corrected chi connectivity index (χ1v) is 9.15. The minimum Gasteiger partial charge on any atom is -0.367 e. The molecule has 0 bridgehead atoms. The number of nitrogens with zero attached hydrogens (tertiary/aromatic N) is 5. The molecular formula is C20H24N6. The lowest BCUT2D eigenvalue weighted by molar-refractivity contribution is 0.206. The second-order valence-electron chi connectivity index (χ2n) is 6.80. The van der Waals surface area contributed by atoms with E-state index in [1.807, 2.05) is 54.1 Å². The van der Waals surface area contributed by atoms with Crippen molar-refractivity contribution in [3.05, 3.63) is 66.4 Å². The van der Waals surface area contributed by atoms with E-state index in [9.17, 15) is 0 Å². The number of aryl methyl sites for hydroxylation is 1. The Hall–Kier alpha value is -2.73. The van der Waals surface area contributed by atoms with E-state index < -0.39 is 0 Å². The van der Waals surface area contributed by atoms with Gasteiger partial charge < -0.3 is 5.32 Å². The van der Waals surface area contributed by atoms with Gasteiger partial charge in [-0.2, -0.15) is 0 Å². The van der Waals surface area contributed by atoms with Gasteiger partial charge in [0.2, 0.25) is 0 Å². The standard InChI is InChI=1S/C20H24N6/c1-16-6-5-9-19(22-16)23-17-10-12-25(13-11-17)14-20-21-15-26(24-20)18-7-3-2-4-8-18/h2-9,15,17H,10-14H2,1H3,(H,22,23). The van der Waals surface area contributed by atoms with Gasteiger partial charge in [-0.15, -0.1) is 5.10 Å². The van der Waals surface area contributed by atoms with Gasteiger partial charge in [0.15, 0.2) is 5.82 Å². The summed E-state index contributed by atoms with van der Waals surface area (Å²) >= 11 is 0. The molecular weight excluding hydrogens is 324 g/mol. The second kappa shape index (κ2) is 7.66. The topological polar surface area (TPSA) is 58.9 Å². The number of anilines is 1.